The van der Waals surface area contributed by atoms with Gasteiger partial charge < -0.3 is 15.3 Å². The maximum atomic E-state index is 12.8. The summed E-state index contributed by atoms with van der Waals surface area (Å²) >= 11 is 0. The van der Waals surface area contributed by atoms with Crippen molar-refractivity contribution in [3.05, 3.63) is 66.0 Å². The van der Waals surface area contributed by atoms with E-state index in [9.17, 15) is 9.90 Å². The second-order valence-electron chi connectivity index (χ2n) is 9.12. The molecule has 1 saturated carbocycles. The monoisotopic (exact) mass is 422 g/mol. The van der Waals surface area contributed by atoms with Crippen LogP contribution in [0.1, 0.15) is 41.6 Å². The van der Waals surface area contributed by atoms with E-state index in [0.717, 1.165) is 51.9 Å². The van der Waals surface area contributed by atoms with Gasteiger partial charge in [0.05, 0.1) is 6.10 Å². The number of amides is 1. The van der Waals surface area contributed by atoms with E-state index in [1.54, 1.807) is 24.5 Å². The van der Waals surface area contributed by atoms with Crippen molar-refractivity contribution in [2.45, 2.75) is 43.2 Å². The number of rotatable bonds is 5. The van der Waals surface area contributed by atoms with E-state index in [1.807, 2.05) is 6.07 Å². The summed E-state index contributed by atoms with van der Waals surface area (Å²) in [5.74, 6) is -0.0712. The largest absolute Gasteiger partial charge is 0.391 e. The normalized spacial score (nSPS) is 28.1. The Morgan fingerprint density at radius 3 is 2.45 bits per heavy atom. The van der Waals surface area contributed by atoms with Crippen LogP contribution in [-0.4, -0.2) is 77.7 Å². The Morgan fingerprint density at radius 2 is 1.74 bits per heavy atom. The lowest BCUT2D eigenvalue weighted by Gasteiger charge is -2.39. The van der Waals surface area contributed by atoms with E-state index in [2.05, 4.69) is 51.4 Å². The number of aromatic nitrogens is 1. The number of pyridine rings is 1. The number of aliphatic hydroxyl groups excluding tert-OH is 1. The van der Waals surface area contributed by atoms with Crippen molar-refractivity contribution in [3.8, 4) is 0 Å². The van der Waals surface area contributed by atoms with Crippen molar-refractivity contribution in [1.82, 2.24) is 20.1 Å². The highest BCUT2D eigenvalue weighted by atomic mass is 16.3. The highest BCUT2D eigenvalue weighted by molar-refractivity contribution is 5.94. The molecule has 1 aliphatic heterocycles. The van der Waals surface area contributed by atoms with Crippen LogP contribution in [0.15, 0.2) is 54.9 Å². The third-order valence-corrected chi connectivity index (χ3v) is 7.20. The molecule has 4 rings (SSSR count). The van der Waals surface area contributed by atoms with Crippen LogP contribution in [0.25, 0.3) is 0 Å². The Kier molecular flexibility index (Phi) is 7.00. The van der Waals surface area contributed by atoms with Crippen LogP contribution in [-0.2, 0) is 5.41 Å². The molecule has 2 aromatic rings. The summed E-state index contributed by atoms with van der Waals surface area (Å²) in [6.07, 6.45) is 6.45. The van der Waals surface area contributed by atoms with E-state index >= 15 is 0 Å². The Morgan fingerprint density at radius 1 is 1.06 bits per heavy atom. The molecule has 0 unspecified atom stereocenters. The quantitative estimate of drug-likeness (QED) is 0.724. The zero-order valence-electron chi connectivity index (χ0n) is 18.4. The Bertz CT molecular complexity index is 839. The molecule has 3 atom stereocenters. The standard InChI is InChI=1S/C25H34N4O2/c1-28-15-17-29(18-16-28)22-7-11-25(12-8-23(22)30,21-5-3-2-4-6-21)19-27-24(31)20-9-13-26-14-10-20/h2-6,9-10,13-14,22-23,30H,7-8,11-12,15-19H2,1H3,(H,27,31)/t22-,23-,25-/m0/s1. The summed E-state index contributed by atoms with van der Waals surface area (Å²) in [5.41, 5.74) is 1.70. The second-order valence-corrected chi connectivity index (χ2v) is 9.12. The molecule has 0 bridgehead atoms. The van der Waals surface area contributed by atoms with Gasteiger partial charge in [0.1, 0.15) is 0 Å². The number of hydrogen-bond acceptors (Lipinski definition) is 5. The molecular weight excluding hydrogens is 388 g/mol. The fourth-order valence-corrected chi connectivity index (χ4v) is 5.15. The van der Waals surface area contributed by atoms with Crippen LogP contribution < -0.4 is 5.32 Å². The van der Waals surface area contributed by atoms with Crippen LogP contribution in [0.3, 0.4) is 0 Å². The number of piperazine rings is 1. The van der Waals surface area contributed by atoms with Gasteiger partial charge >= 0.3 is 0 Å². The van der Waals surface area contributed by atoms with E-state index in [4.69, 9.17) is 0 Å². The molecule has 0 radical (unpaired) electrons. The van der Waals surface area contributed by atoms with Gasteiger partial charge in [0, 0.05) is 62.1 Å². The first kappa shape index (κ1) is 21.9. The first-order valence-electron chi connectivity index (χ1n) is 11.4. The fraction of sp³-hybridized carbons (Fsp3) is 0.520. The summed E-state index contributed by atoms with van der Waals surface area (Å²) in [4.78, 5) is 21.6. The minimum Gasteiger partial charge on any atom is -0.391 e. The van der Waals surface area contributed by atoms with E-state index in [1.165, 1.54) is 5.56 Å². The topological polar surface area (TPSA) is 68.7 Å². The molecular formula is C25H34N4O2. The van der Waals surface area contributed by atoms with Gasteiger partial charge in [-0.1, -0.05) is 30.3 Å². The average molecular weight is 423 g/mol. The number of carbonyl (C=O) groups is 1. The molecule has 6 nitrogen and oxygen atoms in total. The van der Waals surface area contributed by atoms with Crippen molar-refractivity contribution < 1.29 is 9.90 Å². The zero-order valence-corrected chi connectivity index (χ0v) is 18.4. The molecule has 2 N–H and O–H groups in total. The van der Waals surface area contributed by atoms with Crippen LogP contribution >= 0.6 is 0 Å². The molecule has 0 spiro atoms. The van der Waals surface area contributed by atoms with Gasteiger partial charge in [0.2, 0.25) is 0 Å². The molecule has 6 heteroatoms. The molecule has 1 amide bonds. The predicted molar refractivity (Wildman–Crippen MR) is 122 cm³/mol. The fourth-order valence-electron chi connectivity index (χ4n) is 5.15. The van der Waals surface area contributed by atoms with Crippen molar-refractivity contribution in [1.29, 1.82) is 0 Å². The van der Waals surface area contributed by atoms with Gasteiger partial charge in [-0.05, 0) is 50.4 Å². The number of likely N-dealkylation sites (N-methyl/N-ethyl adjacent to an activating group) is 1. The molecule has 31 heavy (non-hydrogen) atoms. The first-order chi connectivity index (χ1) is 15.1. The molecule has 1 aromatic heterocycles. The summed E-state index contributed by atoms with van der Waals surface area (Å²) in [6, 6.07) is 14.2. The maximum absolute atomic E-state index is 12.8. The Balaban J connectivity index is 1.52. The number of carbonyl (C=O) groups excluding carboxylic acids is 1. The SMILES string of the molecule is CN1CCN([C@H]2CC[C@](CNC(=O)c3ccncc3)(c3ccccc3)CC[C@@H]2O)CC1. The molecule has 1 aromatic carbocycles. The van der Waals surface area contributed by atoms with Crippen molar-refractivity contribution >= 4 is 5.91 Å². The van der Waals surface area contributed by atoms with Crippen LogP contribution in [0.2, 0.25) is 0 Å². The summed E-state index contributed by atoms with van der Waals surface area (Å²) < 4.78 is 0. The van der Waals surface area contributed by atoms with Gasteiger partial charge in [-0.3, -0.25) is 14.7 Å². The van der Waals surface area contributed by atoms with E-state index in [0.29, 0.717) is 12.1 Å². The molecule has 2 heterocycles. The number of hydrogen-bond donors (Lipinski definition) is 2. The van der Waals surface area contributed by atoms with Crippen LogP contribution in [0.4, 0.5) is 0 Å². The highest BCUT2D eigenvalue weighted by Crippen LogP contribution is 2.39. The summed E-state index contributed by atoms with van der Waals surface area (Å²) in [5, 5.41) is 14.2. The smallest absolute Gasteiger partial charge is 0.251 e. The lowest BCUT2D eigenvalue weighted by atomic mass is 9.74. The Labute approximate surface area is 185 Å². The van der Waals surface area contributed by atoms with E-state index < -0.39 is 0 Å². The van der Waals surface area contributed by atoms with Crippen molar-refractivity contribution in [3.63, 3.8) is 0 Å². The maximum Gasteiger partial charge on any atom is 0.251 e. The van der Waals surface area contributed by atoms with Crippen molar-refractivity contribution in [2.75, 3.05) is 39.8 Å². The van der Waals surface area contributed by atoms with Crippen molar-refractivity contribution in [2.24, 2.45) is 0 Å². The third-order valence-electron chi connectivity index (χ3n) is 7.20. The number of nitrogens with zero attached hydrogens (tertiary/aromatic N) is 3. The number of aliphatic hydroxyl groups is 1. The van der Waals surface area contributed by atoms with E-state index in [-0.39, 0.29) is 23.5 Å². The van der Waals surface area contributed by atoms with Gasteiger partial charge in [0.25, 0.3) is 5.91 Å². The summed E-state index contributed by atoms with van der Waals surface area (Å²) in [6.45, 7) is 4.69. The minimum absolute atomic E-state index is 0.0712. The van der Waals surface area contributed by atoms with Crippen LogP contribution in [0.5, 0.6) is 0 Å². The predicted octanol–water partition coefficient (Wildman–Crippen LogP) is 2.30. The van der Waals surface area contributed by atoms with Gasteiger partial charge in [0.15, 0.2) is 0 Å². The van der Waals surface area contributed by atoms with Gasteiger partial charge in [-0.15, -0.1) is 0 Å². The second kappa shape index (κ2) is 9.90. The van der Waals surface area contributed by atoms with Gasteiger partial charge in [-0.25, -0.2) is 0 Å². The molecule has 1 saturated heterocycles. The molecule has 166 valence electrons. The zero-order chi connectivity index (χ0) is 21.7. The molecule has 1 aliphatic carbocycles. The number of nitrogens with one attached hydrogen (secondary N) is 1. The van der Waals surface area contributed by atoms with Gasteiger partial charge in [-0.2, -0.15) is 0 Å². The highest BCUT2D eigenvalue weighted by Gasteiger charge is 2.40. The lowest BCUT2D eigenvalue weighted by molar-refractivity contribution is 0.0200. The summed E-state index contributed by atoms with van der Waals surface area (Å²) in [7, 11) is 2.16. The van der Waals surface area contributed by atoms with Crippen LogP contribution in [0, 0.1) is 0 Å². The molecule has 2 aliphatic rings. The number of benzene rings is 1. The lowest BCUT2D eigenvalue weighted by Crippen LogP contribution is -2.52. The molecule has 2 fully saturated rings. The average Bonchev–Trinajstić information content (AvgIpc) is 2.99. The third kappa shape index (κ3) is 5.14. The Hall–Kier alpha value is -2.28. The minimum atomic E-state index is -0.329. The first-order valence-corrected chi connectivity index (χ1v) is 11.4.